The summed E-state index contributed by atoms with van der Waals surface area (Å²) < 4.78 is 12.1. The summed E-state index contributed by atoms with van der Waals surface area (Å²) in [4.78, 5) is 4.48. The third-order valence-electron chi connectivity index (χ3n) is 2.24. The van der Waals surface area contributed by atoms with Crippen LogP contribution in [0.15, 0.2) is 12.1 Å². The molecule has 86 valence electrons. The topological polar surface area (TPSA) is 31.4 Å². The van der Waals surface area contributed by atoms with E-state index in [0.717, 1.165) is 33.1 Å². The van der Waals surface area contributed by atoms with E-state index in [0.29, 0.717) is 6.61 Å². The molecule has 0 aliphatic carbocycles. The summed E-state index contributed by atoms with van der Waals surface area (Å²) in [6.07, 6.45) is 0.988. The van der Waals surface area contributed by atoms with Gasteiger partial charge in [-0.3, -0.25) is 0 Å². The van der Waals surface area contributed by atoms with Gasteiger partial charge in [-0.1, -0.05) is 6.92 Å². The van der Waals surface area contributed by atoms with Crippen LogP contribution in [0.1, 0.15) is 18.4 Å². The van der Waals surface area contributed by atoms with E-state index < -0.39 is 0 Å². The molecule has 0 N–H and O–H groups in total. The molecule has 0 atom stereocenters. The molecule has 1 aromatic heterocycles. The van der Waals surface area contributed by atoms with Crippen LogP contribution in [0.4, 0.5) is 0 Å². The van der Waals surface area contributed by atoms with E-state index in [1.807, 2.05) is 19.1 Å². The van der Waals surface area contributed by atoms with E-state index in [1.54, 1.807) is 18.4 Å². The zero-order chi connectivity index (χ0) is 11.5. The molecule has 0 bridgehead atoms. The third-order valence-corrected chi connectivity index (χ3v) is 3.16. The molecule has 0 saturated heterocycles. The van der Waals surface area contributed by atoms with Crippen LogP contribution >= 0.6 is 11.3 Å². The minimum atomic E-state index is 0.707. The summed E-state index contributed by atoms with van der Waals surface area (Å²) in [5.74, 6) is 1.64. The molecule has 1 aromatic carbocycles. The highest BCUT2D eigenvalue weighted by atomic mass is 32.1. The molecule has 4 heteroatoms. The number of aromatic nitrogens is 1. The van der Waals surface area contributed by atoms with Gasteiger partial charge in [0.25, 0.3) is 0 Å². The van der Waals surface area contributed by atoms with Crippen molar-refractivity contribution < 1.29 is 9.47 Å². The van der Waals surface area contributed by atoms with Crippen LogP contribution in [-0.4, -0.2) is 18.7 Å². The quantitative estimate of drug-likeness (QED) is 0.816. The van der Waals surface area contributed by atoms with E-state index in [9.17, 15) is 0 Å². The summed E-state index contributed by atoms with van der Waals surface area (Å²) in [5, 5.41) is 1.05. The zero-order valence-electron chi connectivity index (χ0n) is 9.74. The molecule has 0 aliphatic heterocycles. The molecule has 16 heavy (non-hydrogen) atoms. The predicted molar refractivity (Wildman–Crippen MR) is 66.7 cm³/mol. The lowest BCUT2D eigenvalue weighted by Crippen LogP contribution is -1.96. The van der Waals surface area contributed by atoms with Crippen LogP contribution in [0.5, 0.6) is 11.5 Å². The monoisotopic (exact) mass is 237 g/mol. The van der Waals surface area contributed by atoms with Crippen molar-refractivity contribution in [2.75, 3.05) is 13.7 Å². The lowest BCUT2D eigenvalue weighted by atomic mass is 10.3. The first-order valence-corrected chi connectivity index (χ1v) is 6.14. The lowest BCUT2D eigenvalue weighted by Gasteiger charge is -2.07. The summed E-state index contributed by atoms with van der Waals surface area (Å²) in [6.45, 7) is 4.79. The number of benzene rings is 1. The van der Waals surface area contributed by atoms with Crippen molar-refractivity contribution in [1.82, 2.24) is 4.98 Å². The van der Waals surface area contributed by atoms with Crippen molar-refractivity contribution >= 4 is 21.6 Å². The number of aryl methyl sites for hydroxylation is 1. The number of hydrogen-bond acceptors (Lipinski definition) is 4. The minimum absolute atomic E-state index is 0.707. The maximum Gasteiger partial charge on any atom is 0.150 e. The molecule has 0 spiro atoms. The average molecular weight is 237 g/mol. The first kappa shape index (κ1) is 11.2. The van der Waals surface area contributed by atoms with Crippen molar-refractivity contribution in [2.45, 2.75) is 20.3 Å². The SMILES string of the molecule is CCCOc1cc(OC)cc2sc(C)nc12. The van der Waals surface area contributed by atoms with Gasteiger partial charge in [-0.2, -0.15) is 0 Å². The van der Waals surface area contributed by atoms with Gasteiger partial charge in [0.1, 0.15) is 17.0 Å². The van der Waals surface area contributed by atoms with Gasteiger partial charge in [-0.15, -0.1) is 11.3 Å². The number of nitrogens with zero attached hydrogens (tertiary/aromatic N) is 1. The van der Waals surface area contributed by atoms with E-state index in [-0.39, 0.29) is 0 Å². The van der Waals surface area contributed by atoms with Gasteiger partial charge in [0.05, 0.1) is 23.4 Å². The van der Waals surface area contributed by atoms with Crippen molar-refractivity contribution in [3.8, 4) is 11.5 Å². The number of ether oxygens (including phenoxy) is 2. The number of rotatable bonds is 4. The Labute approximate surface area is 99.0 Å². The number of fused-ring (bicyclic) bond motifs is 1. The van der Waals surface area contributed by atoms with Crippen LogP contribution in [-0.2, 0) is 0 Å². The van der Waals surface area contributed by atoms with Crippen LogP contribution in [0.2, 0.25) is 0 Å². The van der Waals surface area contributed by atoms with Gasteiger partial charge >= 0.3 is 0 Å². The molecule has 0 aliphatic rings. The first-order valence-electron chi connectivity index (χ1n) is 5.32. The highest BCUT2D eigenvalue weighted by Gasteiger charge is 2.10. The van der Waals surface area contributed by atoms with Crippen molar-refractivity contribution in [3.05, 3.63) is 17.1 Å². The zero-order valence-corrected chi connectivity index (χ0v) is 10.6. The Balaban J connectivity index is 2.49. The Hall–Kier alpha value is -1.29. The van der Waals surface area contributed by atoms with Crippen molar-refractivity contribution in [2.24, 2.45) is 0 Å². The standard InChI is InChI=1S/C12H15NO2S/c1-4-5-15-10-6-9(14-3)7-11-12(10)13-8(2)16-11/h6-7H,4-5H2,1-3H3. The van der Waals surface area contributed by atoms with Gasteiger partial charge in [0, 0.05) is 6.07 Å². The first-order chi connectivity index (χ1) is 7.74. The molecular weight excluding hydrogens is 222 g/mol. The summed E-state index contributed by atoms with van der Waals surface area (Å²) in [5.41, 5.74) is 0.941. The fourth-order valence-electron chi connectivity index (χ4n) is 1.53. The lowest BCUT2D eigenvalue weighted by molar-refractivity contribution is 0.318. The molecule has 0 radical (unpaired) electrons. The van der Waals surface area contributed by atoms with E-state index in [1.165, 1.54) is 0 Å². The normalized spacial score (nSPS) is 10.7. The molecule has 3 nitrogen and oxygen atoms in total. The van der Waals surface area contributed by atoms with Gasteiger partial charge in [0.15, 0.2) is 0 Å². The number of hydrogen-bond donors (Lipinski definition) is 0. The second-order valence-corrected chi connectivity index (χ2v) is 4.79. The maximum absolute atomic E-state index is 5.69. The fraction of sp³-hybridized carbons (Fsp3) is 0.417. The largest absolute Gasteiger partial charge is 0.497 e. The second kappa shape index (κ2) is 4.70. The summed E-state index contributed by atoms with van der Waals surface area (Å²) >= 11 is 1.66. The van der Waals surface area contributed by atoms with E-state index in [4.69, 9.17) is 9.47 Å². The smallest absolute Gasteiger partial charge is 0.150 e. The molecule has 0 saturated carbocycles. The van der Waals surface area contributed by atoms with Crippen LogP contribution in [0.3, 0.4) is 0 Å². The van der Waals surface area contributed by atoms with Crippen molar-refractivity contribution in [1.29, 1.82) is 0 Å². The highest BCUT2D eigenvalue weighted by Crippen LogP contribution is 2.34. The maximum atomic E-state index is 5.69. The van der Waals surface area contributed by atoms with Gasteiger partial charge in [0.2, 0.25) is 0 Å². The Morgan fingerprint density at radius 2 is 2.19 bits per heavy atom. The molecule has 0 amide bonds. The summed E-state index contributed by atoms with van der Waals surface area (Å²) in [7, 11) is 1.67. The van der Waals surface area contributed by atoms with Crippen LogP contribution in [0.25, 0.3) is 10.2 Å². The highest BCUT2D eigenvalue weighted by molar-refractivity contribution is 7.18. The minimum Gasteiger partial charge on any atom is -0.497 e. The van der Waals surface area contributed by atoms with E-state index >= 15 is 0 Å². The molecule has 0 fully saturated rings. The van der Waals surface area contributed by atoms with Gasteiger partial charge in [-0.05, 0) is 19.4 Å². The number of methoxy groups -OCH3 is 1. The average Bonchev–Trinajstić information content (AvgIpc) is 2.65. The molecular formula is C12H15NO2S. The molecule has 2 rings (SSSR count). The number of thiazole rings is 1. The summed E-state index contributed by atoms with van der Waals surface area (Å²) in [6, 6.07) is 3.90. The fourth-order valence-corrected chi connectivity index (χ4v) is 2.40. The molecule has 0 unspecified atom stereocenters. The third kappa shape index (κ3) is 2.11. The van der Waals surface area contributed by atoms with Gasteiger partial charge < -0.3 is 9.47 Å². The van der Waals surface area contributed by atoms with Crippen LogP contribution in [0, 0.1) is 6.92 Å². The Kier molecular flexibility index (Phi) is 3.29. The second-order valence-electron chi connectivity index (χ2n) is 3.55. The van der Waals surface area contributed by atoms with Crippen LogP contribution < -0.4 is 9.47 Å². The van der Waals surface area contributed by atoms with E-state index in [2.05, 4.69) is 11.9 Å². The molecule has 2 aromatic rings. The Morgan fingerprint density at radius 3 is 2.88 bits per heavy atom. The Morgan fingerprint density at radius 1 is 1.38 bits per heavy atom. The predicted octanol–water partition coefficient (Wildman–Crippen LogP) is 3.40. The van der Waals surface area contributed by atoms with Gasteiger partial charge in [-0.25, -0.2) is 4.98 Å². The Bertz CT molecular complexity index is 493. The van der Waals surface area contributed by atoms with Crippen molar-refractivity contribution in [3.63, 3.8) is 0 Å². The molecule has 1 heterocycles.